The highest BCUT2D eigenvalue weighted by Gasteiger charge is 2.36. The van der Waals surface area contributed by atoms with Crippen LogP contribution < -0.4 is 9.80 Å². The van der Waals surface area contributed by atoms with E-state index in [1.807, 2.05) is 35.4 Å². The average molecular weight is 420 g/mol. The molecule has 3 saturated heterocycles. The quantitative estimate of drug-likeness (QED) is 0.762. The maximum Gasteiger partial charge on any atom is 0.253 e. The minimum absolute atomic E-state index is 0.172. The molecule has 0 aliphatic carbocycles. The molecular formula is C25H33N5O. The zero-order chi connectivity index (χ0) is 21.0. The normalized spacial score (nSPS) is 21.0. The van der Waals surface area contributed by atoms with Gasteiger partial charge in [-0.05, 0) is 49.2 Å². The van der Waals surface area contributed by atoms with Crippen molar-refractivity contribution >= 4 is 17.4 Å². The van der Waals surface area contributed by atoms with Crippen molar-refractivity contribution in [1.29, 1.82) is 0 Å². The monoisotopic (exact) mass is 419 g/mol. The van der Waals surface area contributed by atoms with Crippen LogP contribution in [-0.4, -0.2) is 79.1 Å². The van der Waals surface area contributed by atoms with Gasteiger partial charge in [-0.15, -0.1) is 0 Å². The molecule has 1 aromatic heterocycles. The molecule has 3 fully saturated rings. The van der Waals surface area contributed by atoms with E-state index < -0.39 is 0 Å². The van der Waals surface area contributed by atoms with Crippen LogP contribution in [0.15, 0.2) is 48.7 Å². The Balaban J connectivity index is 1.10. The lowest BCUT2D eigenvalue weighted by atomic mass is 10.0. The first kappa shape index (κ1) is 20.3. The summed E-state index contributed by atoms with van der Waals surface area (Å²) in [6.45, 7) is 8.02. The Morgan fingerprint density at radius 1 is 0.774 bits per heavy atom. The van der Waals surface area contributed by atoms with Crippen LogP contribution in [0.25, 0.3) is 0 Å². The highest BCUT2D eigenvalue weighted by Crippen LogP contribution is 2.24. The number of hydrogen-bond acceptors (Lipinski definition) is 5. The van der Waals surface area contributed by atoms with Crippen molar-refractivity contribution in [2.45, 2.75) is 31.7 Å². The van der Waals surface area contributed by atoms with Gasteiger partial charge >= 0.3 is 0 Å². The third-order valence-electron chi connectivity index (χ3n) is 7.04. The van der Waals surface area contributed by atoms with Gasteiger partial charge in [0.15, 0.2) is 0 Å². The van der Waals surface area contributed by atoms with Gasteiger partial charge in [0, 0.05) is 75.8 Å². The number of rotatable bonds is 4. The molecule has 3 aliphatic rings. The predicted octanol–water partition coefficient (Wildman–Crippen LogP) is 3.11. The van der Waals surface area contributed by atoms with Crippen LogP contribution in [-0.2, 0) is 0 Å². The second-order valence-electron chi connectivity index (χ2n) is 9.02. The fraction of sp³-hybridized carbons (Fsp3) is 0.520. The van der Waals surface area contributed by atoms with Crippen molar-refractivity contribution in [1.82, 2.24) is 14.8 Å². The van der Waals surface area contributed by atoms with Crippen molar-refractivity contribution in [2.75, 3.05) is 62.2 Å². The molecule has 3 aliphatic heterocycles. The van der Waals surface area contributed by atoms with Crippen LogP contribution in [0.5, 0.6) is 0 Å². The maximum atomic E-state index is 12.9. The van der Waals surface area contributed by atoms with Gasteiger partial charge in [0.25, 0.3) is 5.91 Å². The Bertz CT molecular complexity index is 849. The predicted molar refractivity (Wildman–Crippen MR) is 125 cm³/mol. The van der Waals surface area contributed by atoms with E-state index in [9.17, 15) is 4.79 Å². The first-order valence-corrected chi connectivity index (χ1v) is 11.8. The Morgan fingerprint density at radius 3 is 2.13 bits per heavy atom. The number of carbonyl (C=O) groups is 1. The molecular weight excluding hydrogens is 386 g/mol. The largest absolute Gasteiger partial charge is 0.372 e. The van der Waals surface area contributed by atoms with E-state index in [0.717, 1.165) is 63.7 Å². The minimum Gasteiger partial charge on any atom is -0.372 e. The van der Waals surface area contributed by atoms with Gasteiger partial charge in [-0.2, -0.15) is 0 Å². The van der Waals surface area contributed by atoms with Crippen molar-refractivity contribution < 1.29 is 4.79 Å². The summed E-state index contributed by atoms with van der Waals surface area (Å²) in [4.78, 5) is 26.7. The maximum absolute atomic E-state index is 12.9. The Labute approximate surface area is 185 Å². The average Bonchev–Trinajstić information content (AvgIpc) is 3.09. The molecule has 4 heterocycles. The summed E-state index contributed by atoms with van der Waals surface area (Å²) in [5.74, 6) is 1.24. The summed E-state index contributed by atoms with van der Waals surface area (Å²) in [5.41, 5.74) is 2.07. The third kappa shape index (κ3) is 4.54. The van der Waals surface area contributed by atoms with Gasteiger partial charge in [0.05, 0.1) is 0 Å². The van der Waals surface area contributed by atoms with Crippen molar-refractivity contribution in [3.63, 3.8) is 0 Å². The molecule has 0 saturated carbocycles. The summed E-state index contributed by atoms with van der Waals surface area (Å²) < 4.78 is 0. The number of piperazine rings is 1. The molecule has 0 bridgehead atoms. The van der Waals surface area contributed by atoms with Gasteiger partial charge in [0.2, 0.25) is 0 Å². The summed E-state index contributed by atoms with van der Waals surface area (Å²) in [6, 6.07) is 14.9. The number of likely N-dealkylation sites (tertiary alicyclic amines) is 1. The van der Waals surface area contributed by atoms with Crippen LogP contribution in [0.4, 0.5) is 11.5 Å². The van der Waals surface area contributed by atoms with Gasteiger partial charge in [-0.3, -0.25) is 9.69 Å². The molecule has 6 nitrogen and oxygen atoms in total. The van der Waals surface area contributed by atoms with Gasteiger partial charge in [-0.25, -0.2) is 4.98 Å². The number of pyridine rings is 1. The molecule has 2 aromatic rings. The van der Waals surface area contributed by atoms with Crippen molar-refractivity contribution in [2.24, 2.45) is 0 Å². The Morgan fingerprint density at radius 2 is 1.48 bits per heavy atom. The van der Waals surface area contributed by atoms with Crippen molar-refractivity contribution in [3.05, 3.63) is 54.2 Å². The van der Waals surface area contributed by atoms with E-state index >= 15 is 0 Å². The molecule has 0 radical (unpaired) electrons. The topological polar surface area (TPSA) is 42.9 Å². The number of benzene rings is 1. The van der Waals surface area contributed by atoms with E-state index in [2.05, 4.69) is 37.9 Å². The lowest BCUT2D eigenvalue weighted by Crippen LogP contribution is -2.64. The molecule has 0 N–H and O–H groups in total. The number of amides is 1. The zero-order valence-electron chi connectivity index (χ0n) is 18.3. The van der Waals surface area contributed by atoms with Crippen LogP contribution in [0.1, 0.15) is 36.0 Å². The van der Waals surface area contributed by atoms with Crippen LogP contribution in [0.3, 0.4) is 0 Å². The number of hydrogen-bond donors (Lipinski definition) is 0. The van der Waals surface area contributed by atoms with Crippen LogP contribution in [0, 0.1) is 0 Å². The fourth-order valence-corrected chi connectivity index (χ4v) is 5.04. The van der Waals surface area contributed by atoms with Crippen LogP contribution in [0.2, 0.25) is 0 Å². The lowest BCUT2D eigenvalue weighted by Gasteiger charge is -2.48. The molecule has 5 rings (SSSR count). The number of carbonyl (C=O) groups excluding carboxylic acids is 1. The smallest absolute Gasteiger partial charge is 0.253 e. The summed E-state index contributed by atoms with van der Waals surface area (Å²) >= 11 is 0. The molecule has 0 spiro atoms. The molecule has 164 valence electrons. The molecule has 1 amide bonds. The second-order valence-corrected chi connectivity index (χ2v) is 9.02. The van der Waals surface area contributed by atoms with E-state index in [-0.39, 0.29) is 5.91 Å². The molecule has 0 unspecified atom stereocenters. The number of aromatic nitrogens is 1. The fourth-order valence-electron chi connectivity index (χ4n) is 5.04. The zero-order valence-corrected chi connectivity index (χ0v) is 18.3. The van der Waals surface area contributed by atoms with E-state index in [1.165, 1.54) is 31.4 Å². The standard InChI is InChI=1S/C25H33N5O/c31-25(21-8-10-22(11-9-21)27-13-5-1-2-6-14-27)30-19-23(20-30)28-15-17-29(18-16-28)24-7-3-4-12-26-24/h3-4,7-12,23H,1-2,5-6,13-20H2. The Kier molecular flexibility index (Phi) is 6.07. The second kappa shape index (κ2) is 9.27. The Hall–Kier alpha value is -2.60. The third-order valence-corrected chi connectivity index (χ3v) is 7.04. The summed E-state index contributed by atoms with van der Waals surface area (Å²) in [7, 11) is 0. The molecule has 6 heteroatoms. The van der Waals surface area contributed by atoms with Crippen LogP contribution >= 0.6 is 0 Å². The summed E-state index contributed by atoms with van der Waals surface area (Å²) in [6.07, 6.45) is 7.07. The van der Waals surface area contributed by atoms with Gasteiger partial charge in [-0.1, -0.05) is 18.9 Å². The molecule has 31 heavy (non-hydrogen) atoms. The highest BCUT2D eigenvalue weighted by atomic mass is 16.2. The number of nitrogens with zero attached hydrogens (tertiary/aromatic N) is 5. The van der Waals surface area contributed by atoms with Crippen molar-refractivity contribution in [3.8, 4) is 0 Å². The first-order valence-electron chi connectivity index (χ1n) is 11.8. The summed E-state index contributed by atoms with van der Waals surface area (Å²) in [5, 5.41) is 0. The van der Waals surface area contributed by atoms with Gasteiger partial charge in [0.1, 0.15) is 5.82 Å². The SMILES string of the molecule is O=C(c1ccc(N2CCCCCC2)cc1)N1CC(N2CCN(c3ccccn3)CC2)C1. The van der Waals surface area contributed by atoms with Gasteiger partial charge < -0.3 is 14.7 Å². The molecule has 1 aromatic carbocycles. The first-order chi connectivity index (χ1) is 15.3. The lowest BCUT2D eigenvalue weighted by molar-refractivity contribution is 0.0246. The minimum atomic E-state index is 0.172. The van der Waals surface area contributed by atoms with E-state index in [4.69, 9.17) is 0 Å². The highest BCUT2D eigenvalue weighted by molar-refractivity contribution is 5.95. The molecule has 0 atom stereocenters. The van der Waals surface area contributed by atoms with E-state index in [1.54, 1.807) is 0 Å². The van der Waals surface area contributed by atoms with E-state index in [0.29, 0.717) is 6.04 Å². The number of anilines is 2.